The van der Waals surface area contributed by atoms with E-state index >= 15 is 0 Å². The van der Waals surface area contributed by atoms with Crippen molar-refractivity contribution in [3.8, 4) is 0 Å². The maximum atomic E-state index is 11.2. The maximum Gasteiger partial charge on any atom is 0.333 e. The molecule has 0 saturated carbocycles. The van der Waals surface area contributed by atoms with Gasteiger partial charge in [0, 0.05) is 11.1 Å². The van der Waals surface area contributed by atoms with Gasteiger partial charge in [-0.1, -0.05) is 26.1 Å². The van der Waals surface area contributed by atoms with Gasteiger partial charge in [0.2, 0.25) is 0 Å². The number of ether oxygens (including phenoxy) is 4. The molecular weight excluding hydrogens is 304 g/mol. The van der Waals surface area contributed by atoms with E-state index < -0.39 is 21.5 Å². The lowest BCUT2D eigenvalue weighted by molar-refractivity contribution is -0.149. The molecule has 125 valence electrons. The SMILES string of the molecule is [CH2]C[SiH2]C(OCCOC(=O)C(=C)C)OCCOC(=O)C(=C)C. The molecule has 0 amide bonds. The van der Waals surface area contributed by atoms with Crippen molar-refractivity contribution in [3.63, 3.8) is 0 Å². The summed E-state index contributed by atoms with van der Waals surface area (Å²) in [7, 11) is -0.662. The molecule has 6 nitrogen and oxygen atoms in total. The number of hydrogen-bond donors (Lipinski definition) is 0. The summed E-state index contributed by atoms with van der Waals surface area (Å²) in [5.74, 6) is -1.23. The Morgan fingerprint density at radius 2 is 1.32 bits per heavy atom. The van der Waals surface area contributed by atoms with Crippen molar-refractivity contribution >= 4 is 21.5 Å². The Kier molecular flexibility index (Phi) is 11.3. The summed E-state index contributed by atoms with van der Waals surface area (Å²) in [4.78, 5) is 22.4. The predicted octanol–water partition coefficient (Wildman–Crippen LogP) is 0.963. The lowest BCUT2D eigenvalue weighted by Crippen LogP contribution is -2.28. The smallest absolute Gasteiger partial charge is 0.333 e. The lowest BCUT2D eigenvalue weighted by atomic mass is 10.4. The average Bonchev–Trinajstić information content (AvgIpc) is 2.46. The minimum absolute atomic E-state index is 0.141. The predicted molar refractivity (Wildman–Crippen MR) is 85.9 cm³/mol. The Morgan fingerprint density at radius 1 is 0.909 bits per heavy atom. The second-order valence-corrected chi connectivity index (χ2v) is 6.60. The van der Waals surface area contributed by atoms with Gasteiger partial charge in [-0.15, -0.1) is 0 Å². The van der Waals surface area contributed by atoms with Gasteiger partial charge in [-0.3, -0.25) is 0 Å². The van der Waals surface area contributed by atoms with E-state index in [9.17, 15) is 9.59 Å². The van der Waals surface area contributed by atoms with Crippen molar-refractivity contribution in [2.75, 3.05) is 26.4 Å². The third-order valence-corrected chi connectivity index (χ3v) is 3.73. The summed E-state index contributed by atoms with van der Waals surface area (Å²) >= 11 is 0. The van der Waals surface area contributed by atoms with Gasteiger partial charge in [0.05, 0.1) is 22.7 Å². The van der Waals surface area contributed by atoms with Gasteiger partial charge in [-0.2, -0.15) is 0 Å². The van der Waals surface area contributed by atoms with Gasteiger partial charge in [0.1, 0.15) is 19.1 Å². The highest BCUT2D eigenvalue weighted by molar-refractivity contribution is 6.36. The van der Waals surface area contributed by atoms with Crippen LogP contribution in [0.5, 0.6) is 0 Å². The molecule has 0 aliphatic heterocycles. The molecule has 0 heterocycles. The fourth-order valence-corrected chi connectivity index (χ4v) is 2.26. The van der Waals surface area contributed by atoms with Crippen molar-refractivity contribution in [2.45, 2.75) is 25.8 Å². The molecule has 0 spiro atoms. The summed E-state index contributed by atoms with van der Waals surface area (Å²) in [6, 6.07) is 0.766. The number of carbonyl (C=O) groups is 2. The van der Waals surface area contributed by atoms with Crippen LogP contribution in [0.3, 0.4) is 0 Å². The van der Waals surface area contributed by atoms with E-state index in [1.165, 1.54) is 0 Å². The molecule has 0 saturated heterocycles. The first-order valence-corrected chi connectivity index (χ1v) is 8.87. The molecule has 0 fully saturated rings. The molecule has 7 heteroatoms. The fraction of sp³-hybridized carbons (Fsp3) is 0.533. The van der Waals surface area contributed by atoms with E-state index in [-0.39, 0.29) is 32.3 Å². The van der Waals surface area contributed by atoms with E-state index in [0.29, 0.717) is 11.1 Å². The molecule has 0 unspecified atom stereocenters. The van der Waals surface area contributed by atoms with Crippen LogP contribution in [-0.4, -0.2) is 53.8 Å². The molecule has 0 aromatic heterocycles. The van der Waals surface area contributed by atoms with Crippen LogP contribution >= 0.6 is 0 Å². The molecule has 1 radical (unpaired) electrons. The maximum absolute atomic E-state index is 11.2. The van der Waals surface area contributed by atoms with Crippen LogP contribution in [0.4, 0.5) is 0 Å². The highest BCUT2D eigenvalue weighted by Gasteiger charge is 2.11. The van der Waals surface area contributed by atoms with Crippen molar-refractivity contribution in [2.24, 2.45) is 0 Å². The van der Waals surface area contributed by atoms with E-state index in [2.05, 4.69) is 20.1 Å². The van der Waals surface area contributed by atoms with Crippen LogP contribution in [0.25, 0.3) is 0 Å². The van der Waals surface area contributed by atoms with Gasteiger partial charge in [0.15, 0.2) is 0 Å². The molecule has 0 rings (SSSR count). The molecule has 22 heavy (non-hydrogen) atoms. The van der Waals surface area contributed by atoms with Crippen LogP contribution in [-0.2, 0) is 28.5 Å². The second-order valence-electron chi connectivity index (χ2n) is 4.65. The largest absolute Gasteiger partial charge is 0.460 e. The van der Waals surface area contributed by atoms with E-state index in [1.807, 2.05) is 0 Å². The Bertz CT molecular complexity index is 359. The van der Waals surface area contributed by atoms with Gasteiger partial charge in [-0.05, 0) is 13.8 Å². The number of carbonyl (C=O) groups excluding carboxylic acids is 2. The number of esters is 2. The number of hydrogen-bond acceptors (Lipinski definition) is 6. The fourth-order valence-electron chi connectivity index (χ4n) is 1.26. The highest BCUT2D eigenvalue weighted by atomic mass is 28.2. The Labute approximate surface area is 134 Å². The van der Waals surface area contributed by atoms with Crippen molar-refractivity contribution < 1.29 is 28.5 Å². The van der Waals surface area contributed by atoms with Crippen molar-refractivity contribution in [3.05, 3.63) is 31.2 Å². The molecule has 0 aromatic rings. The first kappa shape index (κ1) is 20.6. The summed E-state index contributed by atoms with van der Waals surface area (Å²) in [5.41, 5.74) is 0.693. The minimum atomic E-state index is -0.662. The van der Waals surface area contributed by atoms with Crippen molar-refractivity contribution in [1.82, 2.24) is 0 Å². The van der Waals surface area contributed by atoms with Gasteiger partial charge in [0.25, 0.3) is 0 Å². The highest BCUT2D eigenvalue weighted by Crippen LogP contribution is 1.99. The first-order chi connectivity index (χ1) is 10.4. The second kappa shape index (κ2) is 12.1. The third-order valence-electron chi connectivity index (χ3n) is 2.38. The summed E-state index contributed by atoms with van der Waals surface area (Å²) in [6.07, 6.45) is 0. The Morgan fingerprint density at radius 3 is 1.64 bits per heavy atom. The van der Waals surface area contributed by atoms with Crippen LogP contribution < -0.4 is 0 Å². The minimum Gasteiger partial charge on any atom is -0.460 e. The zero-order chi connectivity index (χ0) is 17.0. The van der Waals surface area contributed by atoms with Crippen LogP contribution in [0, 0.1) is 6.92 Å². The van der Waals surface area contributed by atoms with E-state index in [0.717, 1.165) is 6.04 Å². The molecular formula is C15H25O6Si. The molecule has 0 atom stereocenters. The zero-order valence-corrected chi connectivity index (χ0v) is 14.8. The topological polar surface area (TPSA) is 71.1 Å². The van der Waals surface area contributed by atoms with Crippen LogP contribution in [0.2, 0.25) is 6.04 Å². The lowest BCUT2D eigenvalue weighted by Gasteiger charge is -2.18. The Hall–Kier alpha value is -1.44. The zero-order valence-electron chi connectivity index (χ0n) is 13.4. The quantitative estimate of drug-likeness (QED) is 0.175. The monoisotopic (exact) mass is 329 g/mol. The first-order valence-electron chi connectivity index (χ1n) is 7.06. The van der Waals surface area contributed by atoms with E-state index in [4.69, 9.17) is 18.9 Å². The summed E-state index contributed by atoms with van der Waals surface area (Å²) in [5, 5.41) is 0. The molecule has 0 N–H and O–H groups in total. The van der Waals surface area contributed by atoms with Crippen LogP contribution in [0.15, 0.2) is 24.3 Å². The molecule has 0 bridgehead atoms. The van der Waals surface area contributed by atoms with Gasteiger partial charge < -0.3 is 18.9 Å². The molecule has 0 aromatic carbocycles. The Balaban J connectivity index is 3.86. The third kappa shape index (κ3) is 10.3. The van der Waals surface area contributed by atoms with Gasteiger partial charge in [-0.25, -0.2) is 9.59 Å². The van der Waals surface area contributed by atoms with Crippen molar-refractivity contribution in [1.29, 1.82) is 0 Å². The van der Waals surface area contributed by atoms with Crippen LogP contribution in [0.1, 0.15) is 13.8 Å². The summed E-state index contributed by atoms with van der Waals surface area (Å²) < 4.78 is 20.8. The summed E-state index contributed by atoms with van der Waals surface area (Å²) in [6.45, 7) is 14.7. The normalized spacial score (nSPS) is 10.9. The average molecular weight is 329 g/mol. The standard InChI is InChI=1S/C15H25O6Si/c1-6-22-15(20-9-7-18-13(16)11(2)3)21-10-8-19-14(17)12(4)5/h15H,1-2,4,6-10,22H2,3,5H3. The number of rotatable bonds is 12. The van der Waals surface area contributed by atoms with E-state index in [1.54, 1.807) is 13.8 Å². The van der Waals surface area contributed by atoms with Gasteiger partial charge >= 0.3 is 11.9 Å². The molecule has 0 aliphatic carbocycles. The molecule has 0 aliphatic rings.